The molecule has 6 nitrogen and oxygen atoms in total. The number of hydrogen-bond donors (Lipinski definition) is 1. The van der Waals surface area contributed by atoms with Crippen LogP contribution in [0, 0.1) is 0 Å². The highest BCUT2D eigenvalue weighted by atomic mass is 16.5. The van der Waals surface area contributed by atoms with Gasteiger partial charge in [0.15, 0.2) is 11.5 Å². The quantitative estimate of drug-likeness (QED) is 0.925. The van der Waals surface area contributed by atoms with Crippen molar-refractivity contribution in [2.75, 3.05) is 20.8 Å². The van der Waals surface area contributed by atoms with Crippen LogP contribution in [0.5, 0.6) is 11.5 Å². The summed E-state index contributed by atoms with van der Waals surface area (Å²) >= 11 is 0. The number of carbonyl (C=O) groups is 2. The summed E-state index contributed by atoms with van der Waals surface area (Å²) in [7, 11) is 3.07. The molecule has 130 valence electrons. The number of rotatable bonds is 4. The highest BCUT2D eigenvalue weighted by molar-refractivity contribution is 5.95. The van der Waals surface area contributed by atoms with Crippen LogP contribution in [-0.4, -0.2) is 42.6 Å². The molecule has 0 bridgehead atoms. The molecule has 0 unspecified atom stereocenters. The summed E-state index contributed by atoms with van der Waals surface area (Å²) in [6.45, 7) is 0.982. The third-order valence-electron chi connectivity index (χ3n) is 4.38. The second-order valence-corrected chi connectivity index (χ2v) is 5.84. The lowest BCUT2D eigenvalue weighted by Gasteiger charge is -2.29. The van der Waals surface area contributed by atoms with Gasteiger partial charge in [0, 0.05) is 18.7 Å². The zero-order chi connectivity index (χ0) is 18.0. The number of aromatic carboxylic acids is 1. The molecule has 1 aliphatic heterocycles. The van der Waals surface area contributed by atoms with Crippen molar-refractivity contribution in [3.8, 4) is 11.5 Å². The summed E-state index contributed by atoms with van der Waals surface area (Å²) in [6, 6.07) is 10.1. The fraction of sp³-hybridized carbons (Fsp3) is 0.263. The molecule has 1 heterocycles. The molecule has 0 atom stereocenters. The van der Waals surface area contributed by atoms with Gasteiger partial charge in [-0.05, 0) is 47.9 Å². The third kappa shape index (κ3) is 3.28. The molecule has 0 spiro atoms. The number of ether oxygens (including phenoxy) is 2. The molecule has 2 aromatic carbocycles. The van der Waals surface area contributed by atoms with Crippen molar-refractivity contribution in [3.05, 3.63) is 58.7 Å². The lowest BCUT2D eigenvalue weighted by molar-refractivity contribution is 0.0696. The lowest BCUT2D eigenvalue weighted by Crippen LogP contribution is -2.36. The molecule has 1 amide bonds. The number of carbonyl (C=O) groups excluding carboxylic acids is 1. The van der Waals surface area contributed by atoms with E-state index >= 15 is 0 Å². The molecular formula is C19H19NO5. The first-order chi connectivity index (χ1) is 12.0. The largest absolute Gasteiger partial charge is 0.493 e. The molecule has 0 saturated carbocycles. The minimum atomic E-state index is -0.967. The number of nitrogens with zero attached hydrogens (tertiary/aromatic N) is 1. The van der Waals surface area contributed by atoms with Crippen LogP contribution in [0.4, 0.5) is 0 Å². The maximum atomic E-state index is 12.8. The SMILES string of the molecule is COc1ccc(C(=O)N2CCc3ccc(C(=O)O)cc3C2)cc1OC. The number of benzene rings is 2. The Kier molecular flexibility index (Phi) is 4.61. The van der Waals surface area contributed by atoms with Crippen LogP contribution in [0.3, 0.4) is 0 Å². The van der Waals surface area contributed by atoms with Gasteiger partial charge in [-0.2, -0.15) is 0 Å². The van der Waals surface area contributed by atoms with Gasteiger partial charge in [0.05, 0.1) is 19.8 Å². The highest BCUT2D eigenvalue weighted by Crippen LogP contribution is 2.29. The lowest BCUT2D eigenvalue weighted by atomic mass is 9.97. The summed E-state index contributed by atoms with van der Waals surface area (Å²) in [5, 5.41) is 9.14. The molecule has 0 radical (unpaired) electrons. The second-order valence-electron chi connectivity index (χ2n) is 5.84. The van der Waals surface area contributed by atoms with E-state index in [1.807, 2.05) is 6.07 Å². The fourth-order valence-corrected chi connectivity index (χ4v) is 3.02. The first-order valence-corrected chi connectivity index (χ1v) is 7.90. The number of methoxy groups -OCH3 is 2. The van der Waals surface area contributed by atoms with Gasteiger partial charge in [0.25, 0.3) is 5.91 Å². The highest BCUT2D eigenvalue weighted by Gasteiger charge is 2.23. The van der Waals surface area contributed by atoms with Crippen molar-refractivity contribution < 1.29 is 24.2 Å². The normalized spacial score (nSPS) is 13.1. The van der Waals surface area contributed by atoms with E-state index < -0.39 is 5.97 Å². The molecule has 0 aliphatic carbocycles. The number of hydrogen-bond acceptors (Lipinski definition) is 4. The van der Waals surface area contributed by atoms with Crippen LogP contribution in [0.15, 0.2) is 36.4 Å². The van der Waals surface area contributed by atoms with E-state index in [1.54, 1.807) is 42.3 Å². The Morgan fingerprint density at radius 1 is 0.960 bits per heavy atom. The summed E-state index contributed by atoms with van der Waals surface area (Å²) in [5.74, 6) is -0.0217. The van der Waals surface area contributed by atoms with Crippen molar-refractivity contribution in [2.24, 2.45) is 0 Å². The first kappa shape index (κ1) is 16.8. The minimum absolute atomic E-state index is 0.118. The van der Waals surface area contributed by atoms with Gasteiger partial charge in [0.2, 0.25) is 0 Å². The second kappa shape index (κ2) is 6.84. The van der Waals surface area contributed by atoms with E-state index in [9.17, 15) is 9.59 Å². The smallest absolute Gasteiger partial charge is 0.335 e. The van der Waals surface area contributed by atoms with Gasteiger partial charge in [-0.15, -0.1) is 0 Å². The average Bonchev–Trinajstić information content (AvgIpc) is 2.65. The zero-order valence-corrected chi connectivity index (χ0v) is 14.1. The van der Waals surface area contributed by atoms with Crippen molar-refractivity contribution >= 4 is 11.9 Å². The number of carboxylic acid groups (broad SMARTS) is 1. The number of fused-ring (bicyclic) bond motifs is 1. The summed E-state index contributed by atoms with van der Waals surface area (Å²) < 4.78 is 10.4. The van der Waals surface area contributed by atoms with Gasteiger partial charge in [-0.1, -0.05) is 6.07 Å². The monoisotopic (exact) mass is 341 g/mol. The van der Waals surface area contributed by atoms with E-state index in [1.165, 1.54) is 7.11 Å². The molecule has 25 heavy (non-hydrogen) atoms. The maximum Gasteiger partial charge on any atom is 0.335 e. The van der Waals surface area contributed by atoms with E-state index in [0.29, 0.717) is 36.6 Å². The molecular weight excluding hydrogens is 322 g/mol. The molecule has 0 aromatic heterocycles. The van der Waals surface area contributed by atoms with Crippen molar-refractivity contribution in [1.82, 2.24) is 4.90 Å². The van der Waals surface area contributed by atoms with Gasteiger partial charge < -0.3 is 19.5 Å². The van der Waals surface area contributed by atoms with Crippen molar-refractivity contribution in [3.63, 3.8) is 0 Å². The summed E-state index contributed by atoms with van der Waals surface area (Å²) in [6.07, 6.45) is 0.703. The molecule has 1 N–H and O–H groups in total. The molecule has 2 aromatic rings. The standard InChI is InChI=1S/C19H19NO5/c1-24-16-6-5-13(10-17(16)25-2)18(21)20-8-7-12-3-4-14(19(22)23)9-15(12)11-20/h3-6,9-10H,7-8,11H2,1-2H3,(H,22,23). The van der Waals surface area contributed by atoms with E-state index in [4.69, 9.17) is 14.6 Å². The van der Waals surface area contributed by atoms with Crippen LogP contribution in [-0.2, 0) is 13.0 Å². The molecule has 3 rings (SSSR count). The molecule has 1 aliphatic rings. The Labute approximate surface area is 145 Å². The van der Waals surface area contributed by atoms with Gasteiger partial charge in [-0.3, -0.25) is 4.79 Å². The van der Waals surface area contributed by atoms with E-state index in [2.05, 4.69) is 0 Å². The van der Waals surface area contributed by atoms with Crippen LogP contribution >= 0.6 is 0 Å². The van der Waals surface area contributed by atoms with E-state index in [0.717, 1.165) is 11.1 Å². The van der Waals surface area contributed by atoms with Crippen LogP contribution < -0.4 is 9.47 Å². The van der Waals surface area contributed by atoms with Crippen LogP contribution in [0.1, 0.15) is 31.8 Å². The number of carboxylic acids is 1. The summed E-state index contributed by atoms with van der Waals surface area (Å²) in [5.41, 5.74) is 2.70. The van der Waals surface area contributed by atoms with Gasteiger partial charge in [-0.25, -0.2) is 4.79 Å². The topological polar surface area (TPSA) is 76.1 Å². The van der Waals surface area contributed by atoms with Gasteiger partial charge in [0.1, 0.15) is 0 Å². The van der Waals surface area contributed by atoms with E-state index in [-0.39, 0.29) is 11.5 Å². The molecule has 0 fully saturated rings. The summed E-state index contributed by atoms with van der Waals surface area (Å²) in [4.78, 5) is 25.7. The first-order valence-electron chi connectivity index (χ1n) is 7.90. The molecule has 0 saturated heterocycles. The average molecular weight is 341 g/mol. The predicted octanol–water partition coefficient (Wildman–Crippen LogP) is 2.60. The van der Waals surface area contributed by atoms with Crippen molar-refractivity contribution in [1.29, 1.82) is 0 Å². The Bertz CT molecular complexity index is 831. The predicted molar refractivity (Wildman–Crippen MR) is 91.4 cm³/mol. The Hall–Kier alpha value is -3.02. The zero-order valence-electron chi connectivity index (χ0n) is 14.1. The van der Waals surface area contributed by atoms with Crippen molar-refractivity contribution in [2.45, 2.75) is 13.0 Å². The maximum absolute atomic E-state index is 12.8. The Balaban J connectivity index is 1.85. The fourth-order valence-electron chi connectivity index (χ4n) is 3.02. The Morgan fingerprint density at radius 3 is 2.36 bits per heavy atom. The number of amides is 1. The van der Waals surface area contributed by atoms with Crippen LogP contribution in [0.2, 0.25) is 0 Å². The minimum Gasteiger partial charge on any atom is -0.493 e. The van der Waals surface area contributed by atoms with Crippen LogP contribution in [0.25, 0.3) is 0 Å². The Morgan fingerprint density at radius 2 is 1.68 bits per heavy atom. The third-order valence-corrected chi connectivity index (χ3v) is 4.38. The molecule has 6 heteroatoms. The van der Waals surface area contributed by atoms with Gasteiger partial charge >= 0.3 is 5.97 Å².